The fourth-order valence-electron chi connectivity index (χ4n) is 5.46. The third kappa shape index (κ3) is 5.27. The Kier molecular flexibility index (Phi) is 7.43. The minimum absolute atomic E-state index is 0.0827. The van der Waals surface area contributed by atoms with Crippen LogP contribution in [0.4, 0.5) is 5.69 Å². The van der Waals surface area contributed by atoms with E-state index in [4.69, 9.17) is 4.74 Å². The number of benzene rings is 2. The van der Waals surface area contributed by atoms with Crippen LogP contribution < -0.4 is 9.64 Å². The lowest BCUT2D eigenvalue weighted by Gasteiger charge is -2.38. The van der Waals surface area contributed by atoms with Crippen molar-refractivity contribution in [3.63, 3.8) is 0 Å². The summed E-state index contributed by atoms with van der Waals surface area (Å²) in [6.45, 7) is 8.65. The van der Waals surface area contributed by atoms with Crippen LogP contribution in [0.15, 0.2) is 48.5 Å². The van der Waals surface area contributed by atoms with Crippen molar-refractivity contribution in [3.8, 4) is 11.8 Å². The van der Waals surface area contributed by atoms with E-state index in [-0.39, 0.29) is 5.41 Å². The first-order valence-electron chi connectivity index (χ1n) is 12.7. The van der Waals surface area contributed by atoms with Crippen molar-refractivity contribution in [1.82, 2.24) is 0 Å². The molecule has 1 atom stereocenters. The number of hydrogen-bond acceptors (Lipinski definition) is 3. The molecule has 174 valence electrons. The Morgan fingerprint density at radius 3 is 2.73 bits per heavy atom. The molecule has 3 nitrogen and oxygen atoms in total. The average molecular weight is 443 g/mol. The van der Waals surface area contributed by atoms with Gasteiger partial charge in [-0.25, -0.2) is 0 Å². The van der Waals surface area contributed by atoms with Crippen molar-refractivity contribution in [2.75, 3.05) is 11.4 Å². The van der Waals surface area contributed by atoms with Gasteiger partial charge in [0.1, 0.15) is 12.4 Å². The highest BCUT2D eigenvalue weighted by atomic mass is 16.5. The summed E-state index contributed by atoms with van der Waals surface area (Å²) in [7, 11) is 0. The fourth-order valence-corrected chi connectivity index (χ4v) is 5.46. The molecule has 4 rings (SSSR count). The van der Waals surface area contributed by atoms with Gasteiger partial charge in [0.2, 0.25) is 0 Å². The maximum atomic E-state index is 9.53. The maximum absolute atomic E-state index is 9.53. The molecule has 33 heavy (non-hydrogen) atoms. The minimum Gasteiger partial charge on any atom is -0.488 e. The average Bonchev–Trinajstić information content (AvgIpc) is 3.30. The van der Waals surface area contributed by atoms with E-state index in [0.29, 0.717) is 12.6 Å². The van der Waals surface area contributed by atoms with Gasteiger partial charge in [-0.3, -0.25) is 0 Å². The van der Waals surface area contributed by atoms with Gasteiger partial charge in [-0.15, -0.1) is 0 Å². The molecule has 3 heteroatoms. The normalized spacial score (nSPS) is 18.7. The molecule has 2 aromatic carbocycles. The van der Waals surface area contributed by atoms with E-state index < -0.39 is 0 Å². The lowest BCUT2D eigenvalue weighted by molar-refractivity contribution is 0.303. The number of nitrogens with zero attached hydrogens (tertiary/aromatic N) is 2. The lowest BCUT2D eigenvalue weighted by Crippen LogP contribution is -2.34. The Labute approximate surface area is 200 Å². The van der Waals surface area contributed by atoms with Crippen molar-refractivity contribution >= 4 is 11.3 Å². The summed E-state index contributed by atoms with van der Waals surface area (Å²) in [5, 5.41) is 9.53. The monoisotopic (exact) mass is 442 g/mol. The fraction of sp³-hybridized carbons (Fsp3) is 0.500. The summed E-state index contributed by atoms with van der Waals surface area (Å²) in [5.41, 5.74) is 6.13. The van der Waals surface area contributed by atoms with E-state index in [1.54, 1.807) is 6.08 Å². The van der Waals surface area contributed by atoms with Gasteiger partial charge in [0.25, 0.3) is 0 Å². The smallest absolute Gasteiger partial charge is 0.129 e. The van der Waals surface area contributed by atoms with Gasteiger partial charge < -0.3 is 9.64 Å². The third-order valence-corrected chi connectivity index (χ3v) is 7.46. The van der Waals surface area contributed by atoms with E-state index in [1.807, 2.05) is 6.07 Å². The quantitative estimate of drug-likeness (QED) is 0.294. The highest BCUT2D eigenvalue weighted by Gasteiger charge is 2.36. The van der Waals surface area contributed by atoms with Crippen LogP contribution in [0.25, 0.3) is 5.57 Å². The summed E-state index contributed by atoms with van der Waals surface area (Å²) in [5.74, 6) is 0.930. The Hall–Kier alpha value is -2.73. The van der Waals surface area contributed by atoms with Crippen molar-refractivity contribution in [2.24, 2.45) is 0 Å². The number of unbranched alkanes of at least 4 members (excludes halogenated alkanes) is 3. The molecule has 1 unspecified atom stereocenters. The van der Waals surface area contributed by atoms with E-state index in [0.717, 1.165) is 35.4 Å². The Morgan fingerprint density at radius 2 is 1.97 bits per heavy atom. The van der Waals surface area contributed by atoms with Gasteiger partial charge in [0.15, 0.2) is 0 Å². The molecular formula is C30H38N2O. The van der Waals surface area contributed by atoms with Gasteiger partial charge in [0.05, 0.1) is 6.07 Å². The lowest BCUT2D eigenvalue weighted by atomic mass is 9.78. The zero-order chi connectivity index (χ0) is 23.3. The third-order valence-electron chi connectivity index (χ3n) is 7.46. The first-order valence-corrected chi connectivity index (χ1v) is 12.7. The summed E-state index contributed by atoms with van der Waals surface area (Å²) in [6.07, 6.45) is 11.4. The SMILES string of the molecule is CCCCCCC(C)(C)c1cc(OCc2ccccc2)c2c(c1)N1CCCC1CC2=CC#N. The number of allylic oxidation sites excluding steroid dienone is 1. The van der Waals surface area contributed by atoms with Crippen LogP contribution in [0.1, 0.15) is 88.8 Å². The molecule has 0 amide bonds. The van der Waals surface area contributed by atoms with Crippen molar-refractivity contribution in [2.45, 2.75) is 90.2 Å². The predicted molar refractivity (Wildman–Crippen MR) is 138 cm³/mol. The molecule has 2 aliphatic rings. The van der Waals surface area contributed by atoms with Gasteiger partial charge >= 0.3 is 0 Å². The Morgan fingerprint density at radius 1 is 1.15 bits per heavy atom. The standard InChI is InChI=1S/C30H38N2O/c1-4-5-6-10-16-30(2,3)25-20-27-29(24(15-17-31)19-26-14-11-18-32(26)27)28(21-25)33-22-23-12-8-7-9-13-23/h7-9,12-13,15,20-21,26H,4-6,10-11,14,16,18-19,22H2,1-3H3. The molecular weight excluding hydrogens is 404 g/mol. The zero-order valence-corrected chi connectivity index (χ0v) is 20.6. The molecule has 0 bridgehead atoms. The number of nitriles is 1. The van der Waals surface area contributed by atoms with E-state index in [2.05, 4.69) is 68.1 Å². The topological polar surface area (TPSA) is 36.3 Å². The van der Waals surface area contributed by atoms with Crippen LogP contribution in [-0.4, -0.2) is 12.6 Å². The highest BCUT2D eigenvalue weighted by molar-refractivity contribution is 5.86. The highest BCUT2D eigenvalue weighted by Crippen LogP contribution is 2.48. The predicted octanol–water partition coefficient (Wildman–Crippen LogP) is 7.79. The van der Waals surface area contributed by atoms with E-state index in [1.165, 1.54) is 56.2 Å². The Bertz CT molecular complexity index is 1020. The first-order chi connectivity index (χ1) is 16.0. The van der Waals surface area contributed by atoms with Crippen LogP contribution in [0, 0.1) is 11.3 Å². The molecule has 0 spiro atoms. The maximum Gasteiger partial charge on any atom is 0.129 e. The molecule has 0 aliphatic carbocycles. The molecule has 2 aliphatic heterocycles. The first kappa shape index (κ1) is 23.4. The van der Waals surface area contributed by atoms with Crippen LogP contribution in [-0.2, 0) is 12.0 Å². The minimum atomic E-state index is 0.0827. The molecule has 0 N–H and O–H groups in total. The van der Waals surface area contributed by atoms with Crippen molar-refractivity contribution in [1.29, 1.82) is 5.26 Å². The van der Waals surface area contributed by atoms with Crippen LogP contribution in [0.2, 0.25) is 0 Å². The molecule has 1 saturated heterocycles. The second-order valence-corrected chi connectivity index (χ2v) is 10.3. The van der Waals surface area contributed by atoms with Gasteiger partial charge in [-0.1, -0.05) is 76.8 Å². The zero-order valence-electron chi connectivity index (χ0n) is 20.6. The second-order valence-electron chi connectivity index (χ2n) is 10.3. The number of fused-ring (bicyclic) bond motifs is 3. The number of anilines is 1. The molecule has 2 aromatic rings. The molecule has 1 fully saturated rings. The molecule has 0 saturated carbocycles. The molecule has 0 radical (unpaired) electrons. The van der Waals surface area contributed by atoms with Gasteiger partial charge in [-0.05, 0) is 59.9 Å². The van der Waals surface area contributed by atoms with Gasteiger partial charge in [-0.2, -0.15) is 5.26 Å². The van der Waals surface area contributed by atoms with E-state index >= 15 is 0 Å². The summed E-state index contributed by atoms with van der Waals surface area (Å²) in [4.78, 5) is 2.58. The van der Waals surface area contributed by atoms with Crippen LogP contribution >= 0.6 is 0 Å². The van der Waals surface area contributed by atoms with Crippen molar-refractivity contribution < 1.29 is 4.74 Å². The van der Waals surface area contributed by atoms with E-state index in [9.17, 15) is 5.26 Å². The van der Waals surface area contributed by atoms with Crippen molar-refractivity contribution in [3.05, 3.63) is 65.2 Å². The summed E-state index contributed by atoms with van der Waals surface area (Å²) in [6, 6.07) is 17.8. The largest absolute Gasteiger partial charge is 0.488 e. The van der Waals surface area contributed by atoms with Crippen LogP contribution in [0.5, 0.6) is 5.75 Å². The van der Waals surface area contributed by atoms with Crippen LogP contribution in [0.3, 0.4) is 0 Å². The summed E-state index contributed by atoms with van der Waals surface area (Å²) < 4.78 is 6.52. The summed E-state index contributed by atoms with van der Waals surface area (Å²) >= 11 is 0. The number of ether oxygens (including phenoxy) is 1. The Balaban J connectivity index is 1.74. The van der Waals surface area contributed by atoms with Gasteiger partial charge in [0, 0.05) is 29.9 Å². The number of rotatable bonds is 9. The molecule has 0 aromatic heterocycles. The number of hydrogen-bond donors (Lipinski definition) is 0. The molecule has 2 heterocycles. The second kappa shape index (κ2) is 10.5.